The largest absolute Gasteiger partial charge is 0.480 e. The fourth-order valence-corrected chi connectivity index (χ4v) is 4.79. The molecule has 1 saturated heterocycles. The Labute approximate surface area is 172 Å². The number of ether oxygens (including phenoxy) is 1. The van der Waals surface area contributed by atoms with Gasteiger partial charge in [0.25, 0.3) is 5.91 Å². The third kappa shape index (κ3) is 4.43. The fraction of sp³-hybridized carbons (Fsp3) is 0.429. The number of carbonyl (C=O) groups excluding carboxylic acids is 1. The Balaban J connectivity index is 1.69. The van der Waals surface area contributed by atoms with Gasteiger partial charge in [-0.25, -0.2) is 13.4 Å². The second-order valence-electron chi connectivity index (χ2n) is 7.13. The number of nitrogens with zero attached hydrogens (tertiary/aromatic N) is 3. The lowest BCUT2D eigenvalue weighted by Crippen LogP contribution is -2.50. The molecular formula is C21H27N3O4S. The maximum absolute atomic E-state index is 13.0. The number of amides is 1. The van der Waals surface area contributed by atoms with Crippen LogP contribution in [0.25, 0.3) is 0 Å². The van der Waals surface area contributed by atoms with Crippen LogP contribution in [0.1, 0.15) is 42.1 Å². The molecule has 2 aromatic rings. The highest BCUT2D eigenvalue weighted by Gasteiger charge is 2.31. The molecule has 0 radical (unpaired) electrons. The number of piperazine rings is 1. The summed E-state index contributed by atoms with van der Waals surface area (Å²) in [6.07, 6.45) is 2.57. The van der Waals surface area contributed by atoms with Gasteiger partial charge in [-0.3, -0.25) is 4.79 Å². The Morgan fingerprint density at radius 3 is 2.38 bits per heavy atom. The zero-order valence-electron chi connectivity index (χ0n) is 17.0. The molecule has 0 N–H and O–H groups in total. The van der Waals surface area contributed by atoms with E-state index in [9.17, 15) is 13.2 Å². The molecule has 8 heteroatoms. The molecule has 0 saturated carbocycles. The average Bonchev–Trinajstić information content (AvgIpc) is 2.78. The molecule has 1 aliphatic rings. The summed E-state index contributed by atoms with van der Waals surface area (Å²) in [6, 6.07) is 10.5. The minimum atomic E-state index is -3.58. The predicted molar refractivity (Wildman–Crippen MR) is 111 cm³/mol. The number of benzene rings is 1. The molecule has 1 aromatic heterocycles. The summed E-state index contributed by atoms with van der Waals surface area (Å²) in [7, 11) is -2.11. The van der Waals surface area contributed by atoms with Crippen molar-refractivity contribution in [3.8, 4) is 5.88 Å². The van der Waals surface area contributed by atoms with E-state index in [0.717, 1.165) is 12.0 Å². The van der Waals surface area contributed by atoms with Gasteiger partial charge in [0, 0.05) is 32.4 Å². The highest BCUT2D eigenvalue weighted by atomic mass is 32.2. The number of aromatic nitrogens is 1. The molecule has 3 rings (SSSR count). The highest BCUT2D eigenvalue weighted by Crippen LogP contribution is 2.24. The summed E-state index contributed by atoms with van der Waals surface area (Å²) in [5, 5.41) is 0. The molecule has 2 heterocycles. The zero-order valence-corrected chi connectivity index (χ0v) is 17.9. The lowest BCUT2D eigenvalue weighted by molar-refractivity contribution is 0.0693. The second-order valence-corrected chi connectivity index (χ2v) is 9.07. The Hall–Kier alpha value is -2.45. The number of hydrogen-bond donors (Lipinski definition) is 0. The number of rotatable bonds is 6. The van der Waals surface area contributed by atoms with Crippen LogP contribution in [0.2, 0.25) is 0 Å². The zero-order chi connectivity index (χ0) is 21.0. The van der Waals surface area contributed by atoms with Crippen molar-refractivity contribution in [1.82, 2.24) is 14.2 Å². The van der Waals surface area contributed by atoms with Gasteiger partial charge in [0.1, 0.15) is 5.56 Å². The van der Waals surface area contributed by atoms with E-state index in [2.05, 4.69) is 18.8 Å². The summed E-state index contributed by atoms with van der Waals surface area (Å²) >= 11 is 0. The van der Waals surface area contributed by atoms with Crippen molar-refractivity contribution >= 4 is 15.9 Å². The van der Waals surface area contributed by atoms with E-state index >= 15 is 0 Å². The molecule has 1 aromatic carbocycles. The Kier molecular flexibility index (Phi) is 6.54. The quantitative estimate of drug-likeness (QED) is 0.722. The van der Waals surface area contributed by atoms with Gasteiger partial charge < -0.3 is 9.64 Å². The first-order chi connectivity index (χ1) is 13.9. The standard InChI is InChI=1S/C21H27N3O4S/c1-4-16(2)17-7-9-18(10-8-17)29(26,27)24-14-12-23(13-15-24)21(25)19-6-5-11-22-20(19)28-3/h5-11,16H,4,12-15H2,1-3H3. The first kappa shape index (κ1) is 21.3. The molecule has 0 bridgehead atoms. The van der Waals surface area contributed by atoms with Gasteiger partial charge in [0.05, 0.1) is 12.0 Å². The number of hydrogen-bond acceptors (Lipinski definition) is 5. The molecule has 1 atom stereocenters. The van der Waals surface area contributed by atoms with Gasteiger partial charge in [-0.05, 0) is 42.2 Å². The van der Waals surface area contributed by atoms with Crippen LogP contribution in [-0.4, -0.2) is 61.8 Å². The number of methoxy groups -OCH3 is 1. The van der Waals surface area contributed by atoms with Crippen LogP contribution in [0, 0.1) is 0 Å². The van der Waals surface area contributed by atoms with Gasteiger partial charge in [0.2, 0.25) is 15.9 Å². The molecule has 1 amide bonds. The predicted octanol–water partition coefficient (Wildman–Crippen LogP) is 2.75. The summed E-state index contributed by atoms with van der Waals surface area (Å²) in [5.41, 5.74) is 1.51. The molecule has 29 heavy (non-hydrogen) atoms. The van der Waals surface area contributed by atoms with E-state index in [4.69, 9.17) is 4.74 Å². The van der Waals surface area contributed by atoms with Crippen molar-refractivity contribution in [1.29, 1.82) is 0 Å². The van der Waals surface area contributed by atoms with Crippen molar-refractivity contribution in [2.24, 2.45) is 0 Å². The smallest absolute Gasteiger partial charge is 0.259 e. The summed E-state index contributed by atoms with van der Waals surface area (Å²) < 4.78 is 32.6. The molecule has 0 aliphatic carbocycles. The molecule has 7 nitrogen and oxygen atoms in total. The summed E-state index contributed by atoms with van der Waals surface area (Å²) in [5.74, 6) is 0.463. The van der Waals surface area contributed by atoms with Crippen LogP contribution in [0.5, 0.6) is 5.88 Å². The van der Waals surface area contributed by atoms with Crippen molar-refractivity contribution in [2.75, 3.05) is 33.3 Å². The minimum absolute atomic E-state index is 0.204. The molecule has 1 unspecified atom stereocenters. The van der Waals surface area contributed by atoms with Gasteiger partial charge in [-0.2, -0.15) is 4.31 Å². The van der Waals surface area contributed by atoms with Crippen LogP contribution >= 0.6 is 0 Å². The Morgan fingerprint density at radius 2 is 1.79 bits per heavy atom. The maximum Gasteiger partial charge on any atom is 0.259 e. The van der Waals surface area contributed by atoms with E-state index < -0.39 is 10.0 Å². The van der Waals surface area contributed by atoms with Crippen LogP contribution < -0.4 is 4.74 Å². The van der Waals surface area contributed by atoms with Crippen LogP contribution in [0.15, 0.2) is 47.5 Å². The number of sulfonamides is 1. The third-order valence-electron chi connectivity index (χ3n) is 5.42. The fourth-order valence-electron chi connectivity index (χ4n) is 3.37. The average molecular weight is 418 g/mol. The van der Waals surface area contributed by atoms with E-state index in [1.165, 1.54) is 11.4 Å². The highest BCUT2D eigenvalue weighted by molar-refractivity contribution is 7.89. The number of pyridine rings is 1. The topological polar surface area (TPSA) is 79.8 Å². The van der Waals surface area contributed by atoms with Gasteiger partial charge >= 0.3 is 0 Å². The second kappa shape index (κ2) is 8.92. The van der Waals surface area contributed by atoms with Crippen molar-refractivity contribution < 1.29 is 17.9 Å². The molecular weight excluding hydrogens is 390 g/mol. The molecule has 156 valence electrons. The first-order valence-corrected chi connectivity index (χ1v) is 11.2. The van der Waals surface area contributed by atoms with Crippen LogP contribution in [0.3, 0.4) is 0 Å². The SMILES string of the molecule is CCC(C)c1ccc(S(=O)(=O)N2CCN(C(=O)c3cccnc3OC)CC2)cc1. The molecule has 1 aliphatic heterocycles. The maximum atomic E-state index is 13.0. The molecule has 0 spiro atoms. The van der Waals surface area contributed by atoms with E-state index in [1.807, 2.05) is 12.1 Å². The normalized spacial score (nSPS) is 16.4. The van der Waals surface area contributed by atoms with Crippen molar-refractivity contribution in [3.05, 3.63) is 53.7 Å². The Morgan fingerprint density at radius 1 is 1.14 bits per heavy atom. The third-order valence-corrected chi connectivity index (χ3v) is 7.33. The van der Waals surface area contributed by atoms with E-state index in [-0.39, 0.29) is 24.9 Å². The van der Waals surface area contributed by atoms with Crippen LogP contribution in [-0.2, 0) is 10.0 Å². The number of carbonyl (C=O) groups is 1. The first-order valence-electron chi connectivity index (χ1n) is 9.76. The lowest BCUT2D eigenvalue weighted by atomic mass is 9.99. The van der Waals surface area contributed by atoms with Gasteiger partial charge in [0.15, 0.2) is 0 Å². The van der Waals surface area contributed by atoms with Gasteiger partial charge in [-0.1, -0.05) is 26.0 Å². The summed E-state index contributed by atoms with van der Waals surface area (Å²) in [4.78, 5) is 18.8. The molecule has 1 fully saturated rings. The van der Waals surface area contributed by atoms with Crippen molar-refractivity contribution in [2.45, 2.75) is 31.1 Å². The van der Waals surface area contributed by atoms with Crippen molar-refractivity contribution in [3.63, 3.8) is 0 Å². The Bertz CT molecular complexity index is 952. The van der Waals surface area contributed by atoms with Gasteiger partial charge in [-0.15, -0.1) is 0 Å². The monoisotopic (exact) mass is 417 g/mol. The van der Waals surface area contributed by atoms with E-state index in [1.54, 1.807) is 35.4 Å². The summed E-state index contributed by atoms with van der Waals surface area (Å²) in [6.45, 7) is 5.38. The van der Waals surface area contributed by atoms with Crippen LogP contribution in [0.4, 0.5) is 0 Å². The minimum Gasteiger partial charge on any atom is -0.480 e. The lowest BCUT2D eigenvalue weighted by Gasteiger charge is -2.34. The van der Waals surface area contributed by atoms with E-state index in [0.29, 0.717) is 29.5 Å².